The highest BCUT2D eigenvalue weighted by Crippen LogP contribution is 2.33. The van der Waals surface area contributed by atoms with Crippen molar-refractivity contribution in [3.05, 3.63) is 23.8 Å². The SMILES string of the molecule is Oc1cc(F)cnc1C(F)(F)F. The minimum Gasteiger partial charge on any atom is -0.506 e. The second-order valence-corrected chi connectivity index (χ2v) is 2.02. The third-order valence-electron chi connectivity index (χ3n) is 1.10. The van der Waals surface area contributed by atoms with Gasteiger partial charge in [0.25, 0.3) is 0 Å². The van der Waals surface area contributed by atoms with Crippen LogP contribution in [0.3, 0.4) is 0 Å². The van der Waals surface area contributed by atoms with Crippen LogP contribution in [0.15, 0.2) is 12.3 Å². The number of hydrogen-bond donors (Lipinski definition) is 1. The molecule has 0 saturated heterocycles. The Morgan fingerprint density at radius 2 is 1.92 bits per heavy atom. The lowest BCUT2D eigenvalue weighted by molar-refractivity contribution is -0.142. The molecule has 1 heterocycles. The van der Waals surface area contributed by atoms with Gasteiger partial charge in [-0.3, -0.25) is 0 Å². The van der Waals surface area contributed by atoms with E-state index >= 15 is 0 Å². The fourth-order valence-electron chi connectivity index (χ4n) is 0.647. The molecule has 1 N–H and O–H groups in total. The van der Waals surface area contributed by atoms with E-state index in [1.54, 1.807) is 0 Å². The summed E-state index contributed by atoms with van der Waals surface area (Å²) in [4.78, 5) is 2.70. The van der Waals surface area contributed by atoms with Crippen LogP contribution >= 0.6 is 0 Å². The van der Waals surface area contributed by atoms with Crippen LogP contribution in [-0.2, 0) is 6.18 Å². The summed E-state index contributed by atoms with van der Waals surface area (Å²) in [7, 11) is 0. The maximum absolute atomic E-state index is 12.1. The lowest BCUT2D eigenvalue weighted by Gasteiger charge is -2.06. The lowest BCUT2D eigenvalue weighted by Crippen LogP contribution is -2.08. The van der Waals surface area contributed by atoms with E-state index in [-0.39, 0.29) is 0 Å². The van der Waals surface area contributed by atoms with Crippen molar-refractivity contribution < 1.29 is 22.7 Å². The number of pyridine rings is 1. The van der Waals surface area contributed by atoms with E-state index in [0.29, 0.717) is 12.3 Å². The Balaban J connectivity index is 3.19. The minimum atomic E-state index is -4.75. The lowest BCUT2D eigenvalue weighted by atomic mass is 10.3. The fourth-order valence-corrected chi connectivity index (χ4v) is 0.647. The van der Waals surface area contributed by atoms with Gasteiger partial charge in [0.1, 0.15) is 11.6 Å². The van der Waals surface area contributed by atoms with Crippen molar-refractivity contribution in [2.24, 2.45) is 0 Å². The number of alkyl halides is 3. The molecule has 0 bridgehead atoms. The zero-order valence-corrected chi connectivity index (χ0v) is 5.56. The van der Waals surface area contributed by atoms with E-state index in [1.165, 1.54) is 0 Å². The summed E-state index contributed by atoms with van der Waals surface area (Å²) in [6.45, 7) is 0. The summed E-state index contributed by atoms with van der Waals surface area (Å²) >= 11 is 0. The molecule has 0 radical (unpaired) electrons. The molecule has 0 aliphatic rings. The van der Waals surface area contributed by atoms with E-state index in [1.807, 2.05) is 0 Å². The van der Waals surface area contributed by atoms with Gasteiger partial charge in [0.2, 0.25) is 0 Å². The van der Waals surface area contributed by atoms with E-state index in [2.05, 4.69) is 4.98 Å². The molecule has 1 rings (SSSR count). The predicted octanol–water partition coefficient (Wildman–Crippen LogP) is 1.95. The number of halogens is 4. The van der Waals surface area contributed by atoms with Crippen LogP contribution in [-0.4, -0.2) is 10.1 Å². The summed E-state index contributed by atoms with van der Waals surface area (Å²) < 4.78 is 47.7. The van der Waals surface area contributed by atoms with E-state index in [9.17, 15) is 17.6 Å². The fraction of sp³-hybridized carbons (Fsp3) is 0.167. The first kappa shape index (κ1) is 8.76. The molecule has 0 unspecified atom stereocenters. The van der Waals surface area contributed by atoms with Gasteiger partial charge in [-0.2, -0.15) is 13.2 Å². The Bertz CT molecular complexity index is 296. The molecule has 1 aromatic heterocycles. The largest absolute Gasteiger partial charge is 0.506 e. The second-order valence-electron chi connectivity index (χ2n) is 2.02. The van der Waals surface area contributed by atoms with Crippen molar-refractivity contribution in [3.8, 4) is 5.75 Å². The van der Waals surface area contributed by atoms with Gasteiger partial charge in [-0.05, 0) is 0 Å². The number of aromatic nitrogens is 1. The summed E-state index contributed by atoms with van der Waals surface area (Å²) in [5, 5.41) is 8.60. The Morgan fingerprint density at radius 3 is 2.33 bits per heavy atom. The van der Waals surface area contributed by atoms with Gasteiger partial charge in [-0.1, -0.05) is 0 Å². The van der Waals surface area contributed by atoms with Gasteiger partial charge >= 0.3 is 6.18 Å². The topological polar surface area (TPSA) is 33.1 Å². The molecule has 12 heavy (non-hydrogen) atoms. The summed E-state index contributed by atoms with van der Waals surface area (Å²) in [6, 6.07) is 0.357. The zero-order chi connectivity index (χ0) is 9.35. The van der Waals surface area contributed by atoms with Crippen LogP contribution < -0.4 is 0 Å². The molecule has 2 nitrogen and oxygen atoms in total. The predicted molar refractivity (Wildman–Crippen MR) is 30.9 cm³/mol. The summed E-state index contributed by atoms with van der Waals surface area (Å²) in [5.74, 6) is -2.22. The Kier molecular flexibility index (Phi) is 1.91. The molecule has 0 atom stereocenters. The number of rotatable bonds is 0. The Morgan fingerprint density at radius 1 is 1.33 bits per heavy atom. The molecule has 0 spiro atoms. The second kappa shape index (κ2) is 2.62. The molecule has 0 aliphatic heterocycles. The van der Waals surface area contributed by atoms with Gasteiger partial charge in [-0.15, -0.1) is 0 Å². The first-order valence-electron chi connectivity index (χ1n) is 2.83. The number of aromatic hydroxyl groups is 1. The van der Waals surface area contributed by atoms with Crippen molar-refractivity contribution in [1.82, 2.24) is 4.98 Å². The van der Waals surface area contributed by atoms with E-state index in [4.69, 9.17) is 5.11 Å². The molecule has 0 fully saturated rings. The van der Waals surface area contributed by atoms with Crippen LogP contribution in [0.1, 0.15) is 5.69 Å². The molecular weight excluding hydrogens is 178 g/mol. The normalized spacial score (nSPS) is 11.7. The highest BCUT2D eigenvalue weighted by atomic mass is 19.4. The summed E-state index contributed by atoms with van der Waals surface area (Å²) in [5.41, 5.74) is -1.48. The standard InChI is InChI=1S/C6H3F4NO/c7-3-1-4(12)5(11-2-3)6(8,9)10/h1-2,12H. The first-order chi connectivity index (χ1) is 5.41. The van der Waals surface area contributed by atoms with E-state index < -0.39 is 23.4 Å². The zero-order valence-electron chi connectivity index (χ0n) is 5.56. The summed E-state index contributed by atoms with van der Waals surface area (Å²) in [6.07, 6.45) is -4.36. The van der Waals surface area contributed by atoms with Crippen LogP contribution in [0.4, 0.5) is 17.6 Å². The Hall–Kier alpha value is -1.33. The van der Waals surface area contributed by atoms with Gasteiger partial charge in [0, 0.05) is 6.07 Å². The van der Waals surface area contributed by atoms with Gasteiger partial charge in [-0.25, -0.2) is 9.37 Å². The monoisotopic (exact) mass is 181 g/mol. The maximum Gasteiger partial charge on any atom is 0.437 e. The third-order valence-corrected chi connectivity index (χ3v) is 1.10. The molecule has 0 amide bonds. The quantitative estimate of drug-likeness (QED) is 0.620. The average Bonchev–Trinajstić information content (AvgIpc) is 1.83. The Labute approximate surface area is 64.5 Å². The molecule has 0 aliphatic carbocycles. The maximum atomic E-state index is 12.1. The molecular formula is C6H3F4NO. The van der Waals surface area contributed by atoms with Crippen LogP contribution in [0, 0.1) is 5.82 Å². The highest BCUT2D eigenvalue weighted by molar-refractivity contribution is 5.27. The van der Waals surface area contributed by atoms with Crippen molar-refractivity contribution >= 4 is 0 Å². The van der Waals surface area contributed by atoms with Gasteiger partial charge in [0.05, 0.1) is 6.20 Å². The van der Waals surface area contributed by atoms with Gasteiger partial charge < -0.3 is 5.11 Å². The number of nitrogens with zero attached hydrogens (tertiary/aromatic N) is 1. The average molecular weight is 181 g/mol. The van der Waals surface area contributed by atoms with Crippen molar-refractivity contribution in [2.75, 3.05) is 0 Å². The molecule has 0 aromatic carbocycles. The molecule has 0 saturated carbocycles. The smallest absolute Gasteiger partial charge is 0.437 e. The molecule has 6 heteroatoms. The van der Waals surface area contributed by atoms with Crippen molar-refractivity contribution in [1.29, 1.82) is 0 Å². The van der Waals surface area contributed by atoms with Crippen LogP contribution in [0.2, 0.25) is 0 Å². The van der Waals surface area contributed by atoms with Gasteiger partial charge in [0.15, 0.2) is 5.69 Å². The molecule has 1 aromatic rings. The number of hydrogen-bond acceptors (Lipinski definition) is 2. The minimum absolute atomic E-state index is 0.357. The van der Waals surface area contributed by atoms with Crippen LogP contribution in [0.25, 0.3) is 0 Å². The van der Waals surface area contributed by atoms with E-state index in [0.717, 1.165) is 0 Å². The highest BCUT2D eigenvalue weighted by Gasteiger charge is 2.35. The molecule has 66 valence electrons. The third kappa shape index (κ3) is 1.63. The van der Waals surface area contributed by atoms with Crippen molar-refractivity contribution in [3.63, 3.8) is 0 Å². The van der Waals surface area contributed by atoms with Crippen LogP contribution in [0.5, 0.6) is 5.75 Å². The van der Waals surface area contributed by atoms with Crippen molar-refractivity contribution in [2.45, 2.75) is 6.18 Å². The first-order valence-corrected chi connectivity index (χ1v) is 2.83.